The third kappa shape index (κ3) is 4.39. The van der Waals surface area contributed by atoms with Crippen molar-refractivity contribution >= 4 is 17.3 Å². The molecule has 6 heteroatoms. The number of fused-ring (bicyclic) bond motifs is 1. The van der Waals surface area contributed by atoms with Gasteiger partial charge in [-0.05, 0) is 37.7 Å². The molecule has 4 rings (SSSR count). The summed E-state index contributed by atoms with van der Waals surface area (Å²) in [6, 6.07) is 10.5. The van der Waals surface area contributed by atoms with E-state index in [4.69, 9.17) is 9.72 Å². The summed E-state index contributed by atoms with van der Waals surface area (Å²) in [6.45, 7) is 2.50. The van der Waals surface area contributed by atoms with E-state index in [0.717, 1.165) is 38.5 Å². The Labute approximate surface area is 171 Å². The van der Waals surface area contributed by atoms with Crippen LogP contribution in [0.5, 0.6) is 0 Å². The molecule has 1 saturated heterocycles. The number of nitrogens with zero attached hydrogens (tertiary/aromatic N) is 3. The number of rotatable bonds is 5. The number of nitrogens with one attached hydrogen (secondary N) is 1. The molecule has 28 heavy (non-hydrogen) atoms. The van der Waals surface area contributed by atoms with Crippen molar-refractivity contribution in [2.75, 3.05) is 27.2 Å². The van der Waals surface area contributed by atoms with Crippen LogP contribution >= 0.6 is 11.3 Å². The quantitative estimate of drug-likeness (QED) is 0.615. The van der Waals surface area contributed by atoms with Gasteiger partial charge in [-0.1, -0.05) is 30.3 Å². The highest BCUT2D eigenvalue weighted by Crippen LogP contribution is 2.34. The van der Waals surface area contributed by atoms with Gasteiger partial charge in [0.2, 0.25) is 0 Å². The van der Waals surface area contributed by atoms with Crippen molar-refractivity contribution in [1.82, 2.24) is 15.2 Å². The first-order valence-corrected chi connectivity index (χ1v) is 11.1. The standard InChI is InChI=1S/C22H30N4OS/c1-23-22(26(2)15-20-25-18-10-6-7-11-19(18)28-20)24-14-17-12-13-27-21(17)16-8-4-3-5-9-16/h3-5,8-9,17,21H,6-7,10-15H2,1-2H3,(H,23,24). The average Bonchev–Trinajstić information content (AvgIpc) is 3.35. The van der Waals surface area contributed by atoms with Crippen molar-refractivity contribution in [1.29, 1.82) is 0 Å². The van der Waals surface area contributed by atoms with Crippen molar-refractivity contribution in [3.05, 3.63) is 51.5 Å². The smallest absolute Gasteiger partial charge is 0.193 e. The van der Waals surface area contributed by atoms with Gasteiger partial charge in [-0.2, -0.15) is 0 Å². The van der Waals surface area contributed by atoms with Crippen molar-refractivity contribution in [2.45, 2.75) is 44.8 Å². The fourth-order valence-corrected chi connectivity index (χ4v) is 5.42. The zero-order valence-corrected chi connectivity index (χ0v) is 17.7. The highest BCUT2D eigenvalue weighted by Gasteiger charge is 2.29. The van der Waals surface area contributed by atoms with E-state index in [1.807, 2.05) is 18.4 Å². The molecule has 1 aliphatic heterocycles. The zero-order valence-electron chi connectivity index (χ0n) is 16.9. The lowest BCUT2D eigenvalue weighted by Gasteiger charge is -2.24. The Kier molecular flexibility index (Phi) is 6.27. The summed E-state index contributed by atoms with van der Waals surface area (Å²) in [5.41, 5.74) is 2.60. The van der Waals surface area contributed by atoms with Gasteiger partial charge in [0.05, 0.1) is 18.3 Å². The normalized spacial score (nSPS) is 22.1. The van der Waals surface area contributed by atoms with E-state index in [-0.39, 0.29) is 6.10 Å². The summed E-state index contributed by atoms with van der Waals surface area (Å²) in [5, 5.41) is 4.76. The molecule has 150 valence electrons. The van der Waals surface area contributed by atoms with Crippen LogP contribution in [0.2, 0.25) is 0 Å². The predicted octanol–water partition coefficient (Wildman–Crippen LogP) is 3.81. The molecular weight excluding hydrogens is 368 g/mol. The SMILES string of the molecule is CN=C(NCC1CCOC1c1ccccc1)N(C)Cc1nc2c(s1)CCCC2. The highest BCUT2D eigenvalue weighted by molar-refractivity contribution is 7.11. The van der Waals surface area contributed by atoms with Gasteiger partial charge < -0.3 is 15.0 Å². The monoisotopic (exact) mass is 398 g/mol. The highest BCUT2D eigenvalue weighted by atomic mass is 32.1. The van der Waals surface area contributed by atoms with E-state index in [0.29, 0.717) is 5.92 Å². The molecule has 1 aliphatic carbocycles. The lowest BCUT2D eigenvalue weighted by Crippen LogP contribution is -2.41. The van der Waals surface area contributed by atoms with Crippen molar-refractivity contribution in [3.8, 4) is 0 Å². The molecule has 2 atom stereocenters. The van der Waals surface area contributed by atoms with Crippen LogP contribution in [0.3, 0.4) is 0 Å². The maximum atomic E-state index is 6.02. The van der Waals surface area contributed by atoms with E-state index in [2.05, 4.69) is 52.6 Å². The predicted molar refractivity (Wildman–Crippen MR) is 115 cm³/mol. The number of aliphatic imine (C=N–C) groups is 1. The molecule has 2 heterocycles. The van der Waals surface area contributed by atoms with E-state index >= 15 is 0 Å². The van der Waals surface area contributed by atoms with Gasteiger partial charge in [-0.25, -0.2) is 4.98 Å². The number of benzene rings is 1. The van der Waals surface area contributed by atoms with E-state index < -0.39 is 0 Å². The van der Waals surface area contributed by atoms with E-state index in [1.54, 1.807) is 0 Å². The lowest BCUT2D eigenvalue weighted by molar-refractivity contribution is 0.0914. The van der Waals surface area contributed by atoms with Gasteiger partial charge in [0.25, 0.3) is 0 Å². The minimum Gasteiger partial charge on any atom is -0.373 e. The van der Waals surface area contributed by atoms with Crippen LogP contribution in [-0.4, -0.2) is 43.1 Å². The molecule has 2 unspecified atom stereocenters. The molecule has 1 fully saturated rings. The van der Waals surface area contributed by atoms with Gasteiger partial charge in [0, 0.05) is 38.0 Å². The largest absolute Gasteiger partial charge is 0.373 e. The maximum absolute atomic E-state index is 6.02. The van der Waals surface area contributed by atoms with Crippen molar-refractivity contribution in [3.63, 3.8) is 0 Å². The summed E-state index contributed by atoms with van der Waals surface area (Å²) in [5.74, 6) is 1.38. The third-order valence-electron chi connectivity index (χ3n) is 5.70. The molecule has 1 aromatic carbocycles. The Hall–Kier alpha value is -1.92. The molecule has 0 amide bonds. The summed E-state index contributed by atoms with van der Waals surface area (Å²) in [6.07, 6.45) is 6.17. The first kappa shape index (κ1) is 19.4. The molecule has 2 aliphatic rings. The molecule has 0 spiro atoms. The van der Waals surface area contributed by atoms with Crippen LogP contribution in [0.25, 0.3) is 0 Å². The number of hydrogen-bond acceptors (Lipinski definition) is 4. The van der Waals surface area contributed by atoms with E-state index in [1.165, 1.54) is 40.4 Å². The Balaban J connectivity index is 1.34. The number of aromatic nitrogens is 1. The number of guanidine groups is 1. The molecule has 0 radical (unpaired) electrons. The molecular formula is C22H30N4OS. The van der Waals surface area contributed by atoms with Crippen LogP contribution in [0.4, 0.5) is 0 Å². The van der Waals surface area contributed by atoms with Crippen LogP contribution < -0.4 is 5.32 Å². The summed E-state index contributed by atoms with van der Waals surface area (Å²) in [4.78, 5) is 13.0. The zero-order chi connectivity index (χ0) is 19.3. The van der Waals surface area contributed by atoms with Crippen molar-refractivity contribution < 1.29 is 4.74 Å². The summed E-state index contributed by atoms with van der Waals surface area (Å²) in [7, 11) is 3.95. The third-order valence-corrected chi connectivity index (χ3v) is 6.84. The van der Waals surface area contributed by atoms with Gasteiger partial charge in [-0.15, -0.1) is 11.3 Å². The van der Waals surface area contributed by atoms with Crippen molar-refractivity contribution in [2.24, 2.45) is 10.9 Å². The first-order chi connectivity index (χ1) is 13.7. The Bertz CT molecular complexity index is 781. The van der Waals surface area contributed by atoms with Gasteiger partial charge in [-0.3, -0.25) is 4.99 Å². The van der Waals surface area contributed by atoms with E-state index in [9.17, 15) is 0 Å². The Morgan fingerprint density at radius 1 is 1.29 bits per heavy atom. The Morgan fingerprint density at radius 3 is 2.89 bits per heavy atom. The molecule has 1 N–H and O–H groups in total. The minimum absolute atomic E-state index is 0.169. The molecule has 2 aromatic rings. The average molecular weight is 399 g/mol. The van der Waals surface area contributed by atoms with Gasteiger partial charge in [0.15, 0.2) is 5.96 Å². The number of hydrogen-bond donors (Lipinski definition) is 1. The molecule has 1 aromatic heterocycles. The second kappa shape index (κ2) is 9.05. The van der Waals surface area contributed by atoms with Gasteiger partial charge >= 0.3 is 0 Å². The molecule has 0 bridgehead atoms. The molecule has 0 saturated carbocycles. The number of aryl methyl sites for hydroxylation is 2. The fourth-order valence-electron chi connectivity index (χ4n) is 4.21. The van der Waals surface area contributed by atoms with Crippen LogP contribution in [0.15, 0.2) is 35.3 Å². The van der Waals surface area contributed by atoms with Crippen LogP contribution in [0, 0.1) is 5.92 Å². The van der Waals surface area contributed by atoms with Crippen LogP contribution in [-0.2, 0) is 24.1 Å². The summed E-state index contributed by atoms with van der Waals surface area (Å²) < 4.78 is 6.02. The number of thiazole rings is 1. The Morgan fingerprint density at radius 2 is 2.11 bits per heavy atom. The summed E-state index contributed by atoms with van der Waals surface area (Å²) >= 11 is 1.88. The lowest BCUT2D eigenvalue weighted by atomic mass is 9.95. The second-order valence-corrected chi connectivity index (χ2v) is 8.89. The topological polar surface area (TPSA) is 49.8 Å². The number of ether oxygens (including phenoxy) is 1. The first-order valence-electron chi connectivity index (χ1n) is 10.3. The fraction of sp³-hybridized carbons (Fsp3) is 0.545. The maximum Gasteiger partial charge on any atom is 0.193 e. The second-order valence-electron chi connectivity index (χ2n) is 7.72. The van der Waals surface area contributed by atoms with Crippen LogP contribution in [0.1, 0.15) is 46.5 Å². The molecule has 5 nitrogen and oxygen atoms in total. The van der Waals surface area contributed by atoms with Gasteiger partial charge in [0.1, 0.15) is 5.01 Å². The minimum atomic E-state index is 0.169.